The maximum Gasteiger partial charge on any atom is 0.245 e. The fourth-order valence-corrected chi connectivity index (χ4v) is 2.19. The van der Waals surface area contributed by atoms with Crippen LogP contribution in [0.4, 0.5) is 0 Å². The molecule has 1 aromatic carbocycles. The number of carbonyl (C=O) groups excluding carboxylic acids is 1. The largest absolute Gasteiger partial charge is 0.333 e. The van der Waals surface area contributed by atoms with Crippen LogP contribution in [0.5, 0.6) is 0 Å². The van der Waals surface area contributed by atoms with Gasteiger partial charge in [-0.1, -0.05) is 43.0 Å². The first kappa shape index (κ1) is 14.5. The summed E-state index contributed by atoms with van der Waals surface area (Å²) in [4.78, 5) is 14.1. The molecular formula is C16H21N3O. The first-order chi connectivity index (χ1) is 9.79. The number of carbonyl (C=O) groups is 1. The lowest BCUT2D eigenvalue weighted by atomic mass is 10.2. The normalized spacial score (nSPS) is 17.8. The summed E-state index contributed by atoms with van der Waals surface area (Å²) < 4.78 is 0. The Hall–Kier alpha value is -1.91. The van der Waals surface area contributed by atoms with Crippen molar-refractivity contribution in [2.24, 2.45) is 0 Å². The number of nitrogens with zero attached hydrogens (tertiary/aromatic N) is 1. The molecule has 1 aliphatic heterocycles. The Morgan fingerprint density at radius 3 is 2.65 bits per heavy atom. The minimum Gasteiger partial charge on any atom is -0.333 e. The molecule has 106 valence electrons. The van der Waals surface area contributed by atoms with Crippen molar-refractivity contribution in [3.63, 3.8) is 0 Å². The highest BCUT2D eigenvalue weighted by Gasteiger charge is 2.18. The average molecular weight is 271 g/mol. The summed E-state index contributed by atoms with van der Waals surface area (Å²) in [5, 5.41) is 6.25. The molecule has 1 unspecified atom stereocenters. The molecular weight excluding hydrogens is 250 g/mol. The van der Waals surface area contributed by atoms with Crippen LogP contribution in [-0.2, 0) is 4.79 Å². The van der Waals surface area contributed by atoms with Crippen molar-refractivity contribution in [1.82, 2.24) is 15.5 Å². The van der Waals surface area contributed by atoms with Crippen molar-refractivity contribution in [1.29, 1.82) is 0 Å². The molecule has 0 bridgehead atoms. The minimum atomic E-state index is -0.106. The Morgan fingerprint density at radius 2 is 2.00 bits per heavy atom. The van der Waals surface area contributed by atoms with Crippen molar-refractivity contribution in [3.05, 3.63) is 54.6 Å². The van der Waals surface area contributed by atoms with E-state index in [0.29, 0.717) is 0 Å². The lowest BCUT2D eigenvalue weighted by molar-refractivity contribution is -0.117. The van der Waals surface area contributed by atoms with E-state index in [1.807, 2.05) is 36.4 Å². The van der Waals surface area contributed by atoms with Crippen molar-refractivity contribution in [2.75, 3.05) is 26.2 Å². The Labute approximate surface area is 120 Å². The van der Waals surface area contributed by atoms with Crippen LogP contribution < -0.4 is 10.6 Å². The zero-order valence-corrected chi connectivity index (χ0v) is 11.6. The van der Waals surface area contributed by atoms with Crippen LogP contribution >= 0.6 is 0 Å². The Kier molecular flexibility index (Phi) is 5.53. The summed E-state index contributed by atoms with van der Waals surface area (Å²) in [5.41, 5.74) is 1.01. The quantitative estimate of drug-likeness (QED) is 0.625. The van der Waals surface area contributed by atoms with Crippen molar-refractivity contribution in [2.45, 2.75) is 6.17 Å². The summed E-state index contributed by atoms with van der Waals surface area (Å²) in [6.07, 6.45) is 5.05. The highest BCUT2D eigenvalue weighted by atomic mass is 16.1. The summed E-state index contributed by atoms with van der Waals surface area (Å²) in [6, 6.07) is 9.78. The van der Waals surface area contributed by atoms with Gasteiger partial charge in [0.25, 0.3) is 0 Å². The molecule has 4 nitrogen and oxygen atoms in total. The zero-order chi connectivity index (χ0) is 14.2. The number of piperazine rings is 1. The van der Waals surface area contributed by atoms with E-state index in [9.17, 15) is 4.79 Å². The lowest BCUT2D eigenvalue weighted by Crippen LogP contribution is -2.53. The molecule has 20 heavy (non-hydrogen) atoms. The molecule has 0 aliphatic carbocycles. The second-order valence-corrected chi connectivity index (χ2v) is 4.72. The van der Waals surface area contributed by atoms with E-state index in [-0.39, 0.29) is 12.1 Å². The highest BCUT2D eigenvalue weighted by Crippen LogP contribution is 2.02. The average Bonchev–Trinajstić information content (AvgIpc) is 2.52. The van der Waals surface area contributed by atoms with Gasteiger partial charge in [-0.05, 0) is 11.6 Å². The fraction of sp³-hybridized carbons (Fsp3) is 0.312. The van der Waals surface area contributed by atoms with Crippen LogP contribution in [-0.4, -0.2) is 43.2 Å². The SMILES string of the molecule is C=CC(NC(=O)/C=C/c1ccccc1)N1CCNCC1. The van der Waals surface area contributed by atoms with Gasteiger partial charge in [0, 0.05) is 32.3 Å². The molecule has 0 saturated carbocycles. The first-order valence-corrected chi connectivity index (χ1v) is 6.90. The smallest absolute Gasteiger partial charge is 0.245 e. The molecule has 2 N–H and O–H groups in total. The molecule has 1 saturated heterocycles. The van der Waals surface area contributed by atoms with E-state index < -0.39 is 0 Å². The van der Waals surface area contributed by atoms with Gasteiger partial charge in [-0.15, -0.1) is 0 Å². The van der Waals surface area contributed by atoms with E-state index in [4.69, 9.17) is 0 Å². The van der Waals surface area contributed by atoms with Crippen molar-refractivity contribution >= 4 is 12.0 Å². The summed E-state index contributed by atoms with van der Waals surface area (Å²) in [5.74, 6) is -0.0997. The zero-order valence-electron chi connectivity index (χ0n) is 11.6. The predicted molar refractivity (Wildman–Crippen MR) is 82.0 cm³/mol. The van der Waals surface area contributed by atoms with E-state index in [1.54, 1.807) is 12.2 Å². The molecule has 1 heterocycles. The molecule has 1 aromatic rings. The van der Waals surface area contributed by atoms with Gasteiger partial charge in [0.05, 0.1) is 0 Å². The number of benzene rings is 1. The van der Waals surface area contributed by atoms with Crippen LogP contribution in [0.1, 0.15) is 5.56 Å². The molecule has 1 fully saturated rings. The highest BCUT2D eigenvalue weighted by molar-refractivity contribution is 5.91. The second kappa shape index (κ2) is 7.62. The third-order valence-corrected chi connectivity index (χ3v) is 3.29. The molecule has 0 radical (unpaired) electrons. The molecule has 0 spiro atoms. The topological polar surface area (TPSA) is 44.4 Å². The van der Waals surface area contributed by atoms with Crippen molar-refractivity contribution < 1.29 is 4.79 Å². The Balaban J connectivity index is 1.88. The second-order valence-electron chi connectivity index (χ2n) is 4.72. The van der Waals surface area contributed by atoms with Crippen LogP contribution in [0.3, 0.4) is 0 Å². The van der Waals surface area contributed by atoms with Crippen LogP contribution in [0.15, 0.2) is 49.1 Å². The maximum atomic E-state index is 11.9. The summed E-state index contributed by atoms with van der Waals surface area (Å²) in [6.45, 7) is 7.53. The Bertz CT molecular complexity index is 464. The minimum absolute atomic E-state index is 0.0997. The van der Waals surface area contributed by atoms with E-state index >= 15 is 0 Å². The van der Waals surface area contributed by atoms with Gasteiger partial charge in [-0.2, -0.15) is 0 Å². The van der Waals surface area contributed by atoms with E-state index in [1.165, 1.54) is 0 Å². The predicted octanol–water partition coefficient (Wildman–Crippen LogP) is 1.23. The molecule has 4 heteroatoms. The third kappa shape index (κ3) is 4.33. The molecule has 1 aliphatic rings. The van der Waals surface area contributed by atoms with E-state index in [2.05, 4.69) is 22.1 Å². The van der Waals surface area contributed by atoms with Crippen LogP contribution in [0.25, 0.3) is 6.08 Å². The van der Waals surface area contributed by atoms with Crippen LogP contribution in [0, 0.1) is 0 Å². The van der Waals surface area contributed by atoms with Gasteiger partial charge < -0.3 is 10.6 Å². The lowest BCUT2D eigenvalue weighted by Gasteiger charge is -2.33. The number of nitrogens with one attached hydrogen (secondary N) is 2. The van der Waals surface area contributed by atoms with Gasteiger partial charge >= 0.3 is 0 Å². The first-order valence-electron chi connectivity index (χ1n) is 6.90. The van der Waals surface area contributed by atoms with Gasteiger partial charge in [-0.25, -0.2) is 0 Å². The van der Waals surface area contributed by atoms with Gasteiger partial charge in [-0.3, -0.25) is 9.69 Å². The number of amides is 1. The van der Waals surface area contributed by atoms with Gasteiger partial charge in [0.15, 0.2) is 0 Å². The summed E-state index contributed by atoms with van der Waals surface area (Å²) >= 11 is 0. The van der Waals surface area contributed by atoms with Crippen LogP contribution in [0.2, 0.25) is 0 Å². The monoisotopic (exact) mass is 271 g/mol. The van der Waals surface area contributed by atoms with Crippen molar-refractivity contribution in [3.8, 4) is 0 Å². The maximum absolute atomic E-state index is 11.9. The van der Waals surface area contributed by atoms with E-state index in [0.717, 1.165) is 31.7 Å². The Morgan fingerprint density at radius 1 is 1.30 bits per heavy atom. The van der Waals surface area contributed by atoms with Gasteiger partial charge in [0.2, 0.25) is 5.91 Å². The fourth-order valence-electron chi connectivity index (χ4n) is 2.19. The number of rotatable bonds is 5. The molecule has 2 rings (SSSR count). The summed E-state index contributed by atoms with van der Waals surface area (Å²) in [7, 11) is 0. The standard InChI is InChI=1S/C16H21N3O/c1-2-15(19-12-10-17-11-13-19)18-16(20)9-8-14-6-4-3-5-7-14/h2-9,15,17H,1,10-13H2,(H,18,20)/b9-8+. The molecule has 1 amide bonds. The number of hydrogen-bond acceptors (Lipinski definition) is 3. The number of hydrogen-bond donors (Lipinski definition) is 2. The molecule has 1 atom stereocenters. The third-order valence-electron chi connectivity index (χ3n) is 3.29. The van der Waals surface area contributed by atoms with Gasteiger partial charge in [0.1, 0.15) is 6.17 Å². The molecule has 0 aromatic heterocycles.